The maximum absolute atomic E-state index is 12.4. The summed E-state index contributed by atoms with van der Waals surface area (Å²) in [5, 5.41) is 23.0. The maximum Gasteiger partial charge on any atom is 0.270 e. The summed E-state index contributed by atoms with van der Waals surface area (Å²) in [7, 11) is 3.82. The van der Waals surface area contributed by atoms with Crippen LogP contribution in [0, 0.1) is 21.4 Å². The Balaban J connectivity index is 1.78. The molecule has 0 fully saturated rings. The molecule has 0 atom stereocenters. The van der Waals surface area contributed by atoms with Crippen LogP contribution in [0.25, 0.3) is 17.4 Å². The zero-order valence-corrected chi connectivity index (χ0v) is 16.3. The molecule has 0 aliphatic carbocycles. The molecule has 0 aliphatic heterocycles. The molecule has 3 rings (SSSR count). The second-order valence-electron chi connectivity index (χ2n) is 6.57. The Morgan fingerprint density at radius 3 is 2.53 bits per heavy atom. The summed E-state index contributed by atoms with van der Waals surface area (Å²) in [6.45, 7) is 0. The highest BCUT2D eigenvalue weighted by Gasteiger charge is 2.13. The fourth-order valence-electron chi connectivity index (χ4n) is 2.69. The van der Waals surface area contributed by atoms with Crippen LogP contribution in [-0.4, -0.2) is 24.9 Å². The normalized spacial score (nSPS) is 10.9. The maximum atomic E-state index is 12.4. The minimum absolute atomic E-state index is 0.0571. The van der Waals surface area contributed by atoms with Crippen LogP contribution in [-0.2, 0) is 4.79 Å². The summed E-state index contributed by atoms with van der Waals surface area (Å²) in [6.07, 6.45) is 1.32. The van der Waals surface area contributed by atoms with E-state index in [1.54, 1.807) is 36.4 Å². The highest BCUT2D eigenvalue weighted by Crippen LogP contribution is 2.26. The molecule has 3 aromatic rings. The highest BCUT2D eigenvalue weighted by molar-refractivity contribution is 6.09. The van der Waals surface area contributed by atoms with Gasteiger partial charge >= 0.3 is 0 Å². The molecule has 0 spiro atoms. The van der Waals surface area contributed by atoms with Crippen LogP contribution in [0.2, 0.25) is 0 Å². The second kappa shape index (κ2) is 8.75. The first kappa shape index (κ1) is 20.4. The first-order valence-corrected chi connectivity index (χ1v) is 8.92. The Morgan fingerprint density at radius 1 is 1.17 bits per heavy atom. The van der Waals surface area contributed by atoms with Crippen molar-refractivity contribution in [2.75, 3.05) is 24.3 Å². The van der Waals surface area contributed by atoms with E-state index in [4.69, 9.17) is 4.42 Å². The van der Waals surface area contributed by atoms with Crippen LogP contribution in [0.1, 0.15) is 5.76 Å². The number of nitro benzene ring substituents is 1. The second-order valence-corrected chi connectivity index (χ2v) is 6.57. The molecular weight excluding hydrogens is 384 g/mol. The summed E-state index contributed by atoms with van der Waals surface area (Å²) < 4.78 is 5.64. The highest BCUT2D eigenvalue weighted by atomic mass is 16.6. The smallest absolute Gasteiger partial charge is 0.270 e. The minimum Gasteiger partial charge on any atom is -0.457 e. The van der Waals surface area contributed by atoms with Gasteiger partial charge in [-0.3, -0.25) is 14.9 Å². The van der Waals surface area contributed by atoms with E-state index in [0.717, 1.165) is 5.69 Å². The predicted molar refractivity (Wildman–Crippen MR) is 114 cm³/mol. The topological polar surface area (TPSA) is 112 Å². The van der Waals surface area contributed by atoms with Crippen LogP contribution in [0.15, 0.2) is 70.7 Å². The molecule has 0 saturated heterocycles. The van der Waals surface area contributed by atoms with Crippen molar-refractivity contribution in [2.24, 2.45) is 0 Å². The van der Waals surface area contributed by atoms with Gasteiger partial charge in [0.2, 0.25) is 0 Å². The SMILES string of the molecule is CN(C)c1ccc(NC(=O)/C(C#N)=C\c2ccc(-c3cccc([N+](=O)[O-])c3)o2)cc1. The van der Waals surface area contributed by atoms with Gasteiger partial charge in [0.1, 0.15) is 23.2 Å². The lowest BCUT2D eigenvalue weighted by molar-refractivity contribution is -0.384. The van der Waals surface area contributed by atoms with E-state index in [0.29, 0.717) is 17.0 Å². The Kier molecular flexibility index (Phi) is 5.94. The fraction of sp³-hybridized carbons (Fsp3) is 0.0909. The molecule has 0 bridgehead atoms. The number of carbonyl (C=O) groups is 1. The Bertz CT molecular complexity index is 1150. The zero-order chi connectivity index (χ0) is 21.7. The molecule has 1 aromatic heterocycles. The van der Waals surface area contributed by atoms with E-state index < -0.39 is 10.8 Å². The van der Waals surface area contributed by atoms with E-state index in [1.807, 2.05) is 37.2 Å². The average Bonchev–Trinajstić information content (AvgIpc) is 3.21. The monoisotopic (exact) mass is 402 g/mol. The molecule has 0 aliphatic rings. The Morgan fingerprint density at radius 2 is 1.90 bits per heavy atom. The molecule has 1 heterocycles. The number of anilines is 2. The standard InChI is InChI=1S/C22H18N4O4/c1-25(2)18-8-6-17(7-9-18)24-22(27)16(14-23)13-20-10-11-21(30-20)15-4-3-5-19(12-15)26(28)29/h3-13H,1-2H3,(H,24,27)/b16-13-. The average molecular weight is 402 g/mol. The molecule has 1 amide bonds. The molecule has 0 radical (unpaired) electrons. The van der Waals surface area contributed by atoms with E-state index in [-0.39, 0.29) is 17.0 Å². The van der Waals surface area contributed by atoms with Gasteiger partial charge in [-0.25, -0.2) is 0 Å². The molecule has 150 valence electrons. The number of furan rings is 1. The number of nitrogens with one attached hydrogen (secondary N) is 1. The molecule has 1 N–H and O–H groups in total. The van der Waals surface area contributed by atoms with Gasteiger partial charge in [-0.2, -0.15) is 5.26 Å². The third kappa shape index (κ3) is 4.72. The van der Waals surface area contributed by atoms with E-state index in [2.05, 4.69) is 5.32 Å². The van der Waals surface area contributed by atoms with Crippen molar-refractivity contribution < 1.29 is 14.1 Å². The van der Waals surface area contributed by atoms with Gasteiger partial charge in [-0.05, 0) is 36.4 Å². The Hall–Kier alpha value is -4.38. The van der Waals surface area contributed by atoms with Gasteiger partial charge in [0, 0.05) is 49.2 Å². The molecule has 8 heteroatoms. The first-order valence-electron chi connectivity index (χ1n) is 8.92. The number of carbonyl (C=O) groups excluding carboxylic acids is 1. The number of nitro groups is 1. The van der Waals surface area contributed by atoms with Gasteiger partial charge in [0.05, 0.1) is 4.92 Å². The zero-order valence-electron chi connectivity index (χ0n) is 16.3. The number of amides is 1. The number of rotatable bonds is 6. The lowest BCUT2D eigenvalue weighted by atomic mass is 10.1. The third-order valence-electron chi connectivity index (χ3n) is 4.26. The lowest BCUT2D eigenvalue weighted by Gasteiger charge is -2.12. The molecule has 0 unspecified atom stereocenters. The number of benzene rings is 2. The van der Waals surface area contributed by atoms with Gasteiger partial charge in [-0.15, -0.1) is 0 Å². The summed E-state index contributed by atoms with van der Waals surface area (Å²) in [4.78, 5) is 24.8. The largest absolute Gasteiger partial charge is 0.457 e. The van der Waals surface area contributed by atoms with E-state index in [1.165, 1.54) is 18.2 Å². The molecule has 30 heavy (non-hydrogen) atoms. The van der Waals surface area contributed by atoms with Crippen LogP contribution in [0.3, 0.4) is 0 Å². The fourth-order valence-corrected chi connectivity index (χ4v) is 2.69. The van der Waals surface area contributed by atoms with Gasteiger partial charge < -0.3 is 14.6 Å². The molecule has 0 saturated carbocycles. The lowest BCUT2D eigenvalue weighted by Crippen LogP contribution is -2.14. The summed E-state index contributed by atoms with van der Waals surface area (Å²) in [5.74, 6) is 0.108. The molecule has 8 nitrogen and oxygen atoms in total. The van der Waals surface area contributed by atoms with Crippen LogP contribution in [0.4, 0.5) is 17.1 Å². The van der Waals surface area contributed by atoms with E-state index >= 15 is 0 Å². The van der Waals surface area contributed by atoms with E-state index in [9.17, 15) is 20.2 Å². The summed E-state index contributed by atoms with van der Waals surface area (Å²) >= 11 is 0. The van der Waals surface area contributed by atoms with Crippen molar-refractivity contribution in [3.63, 3.8) is 0 Å². The van der Waals surface area contributed by atoms with Gasteiger partial charge in [-0.1, -0.05) is 12.1 Å². The third-order valence-corrected chi connectivity index (χ3v) is 4.26. The summed E-state index contributed by atoms with van der Waals surface area (Å²) in [5.41, 5.74) is 1.87. The molecule has 2 aromatic carbocycles. The predicted octanol–water partition coefficient (Wildman–Crippen LogP) is 4.47. The number of nitrogens with zero attached hydrogens (tertiary/aromatic N) is 3. The van der Waals surface area contributed by atoms with Crippen molar-refractivity contribution in [2.45, 2.75) is 0 Å². The van der Waals surface area contributed by atoms with Crippen molar-refractivity contribution in [1.29, 1.82) is 5.26 Å². The minimum atomic E-state index is -0.566. The van der Waals surface area contributed by atoms with Crippen LogP contribution >= 0.6 is 0 Å². The first-order chi connectivity index (χ1) is 14.4. The number of hydrogen-bond acceptors (Lipinski definition) is 6. The van der Waals surface area contributed by atoms with Crippen LogP contribution < -0.4 is 10.2 Å². The molecular formula is C22H18N4O4. The number of non-ortho nitro benzene ring substituents is 1. The quantitative estimate of drug-likeness (QED) is 0.282. The van der Waals surface area contributed by atoms with Crippen molar-refractivity contribution >= 4 is 29.0 Å². The number of hydrogen-bond donors (Lipinski definition) is 1. The van der Waals surface area contributed by atoms with Crippen molar-refractivity contribution in [1.82, 2.24) is 0 Å². The Labute approximate surface area is 172 Å². The van der Waals surface area contributed by atoms with Gasteiger partial charge in [0.15, 0.2) is 0 Å². The van der Waals surface area contributed by atoms with Crippen LogP contribution in [0.5, 0.6) is 0 Å². The van der Waals surface area contributed by atoms with Crippen molar-refractivity contribution in [3.8, 4) is 17.4 Å². The number of nitriles is 1. The van der Waals surface area contributed by atoms with Crippen molar-refractivity contribution in [3.05, 3.63) is 82.1 Å². The van der Waals surface area contributed by atoms with Gasteiger partial charge in [0.25, 0.3) is 11.6 Å². The summed E-state index contributed by atoms with van der Waals surface area (Å²) in [6, 6.07) is 18.3.